The molecule has 0 saturated carbocycles. The van der Waals surface area contributed by atoms with Crippen molar-refractivity contribution >= 4 is 15.7 Å². The fourth-order valence-corrected chi connectivity index (χ4v) is 5.73. The second-order valence-corrected chi connectivity index (χ2v) is 9.74. The summed E-state index contributed by atoms with van der Waals surface area (Å²) >= 11 is 0. The average Bonchev–Trinajstić information content (AvgIpc) is 3.18. The Morgan fingerprint density at radius 3 is 2.50 bits per heavy atom. The van der Waals surface area contributed by atoms with Crippen LogP contribution in [0, 0.1) is 5.82 Å². The lowest BCUT2D eigenvalue weighted by Gasteiger charge is -2.33. The van der Waals surface area contributed by atoms with Crippen molar-refractivity contribution < 1.29 is 12.8 Å². The molecular formula is C24H23FN2O2S. The van der Waals surface area contributed by atoms with Crippen LogP contribution in [0.25, 0.3) is 0 Å². The van der Waals surface area contributed by atoms with E-state index in [0.717, 1.165) is 31.5 Å². The minimum Gasteiger partial charge on any atom is -0.288 e. The third-order valence-electron chi connectivity index (χ3n) is 6.11. The van der Waals surface area contributed by atoms with Gasteiger partial charge >= 0.3 is 0 Å². The summed E-state index contributed by atoms with van der Waals surface area (Å²) < 4.78 is 41.3. The molecule has 1 atom stereocenters. The predicted molar refractivity (Wildman–Crippen MR) is 115 cm³/mol. The van der Waals surface area contributed by atoms with Gasteiger partial charge in [0, 0.05) is 24.8 Å². The van der Waals surface area contributed by atoms with E-state index in [4.69, 9.17) is 0 Å². The maximum Gasteiger partial charge on any atom is 0.261 e. The van der Waals surface area contributed by atoms with E-state index >= 15 is 0 Å². The zero-order chi connectivity index (χ0) is 20.7. The SMILES string of the molecule is O=S(=O)(Nc1ccc(F)cc1)c1ccc2c(c1)CN(C1CCCc3ccccc31)C2. The highest BCUT2D eigenvalue weighted by atomic mass is 32.2. The molecule has 0 saturated heterocycles. The van der Waals surface area contributed by atoms with Gasteiger partial charge in [-0.25, -0.2) is 12.8 Å². The Labute approximate surface area is 176 Å². The summed E-state index contributed by atoms with van der Waals surface area (Å²) in [5, 5.41) is 0. The van der Waals surface area contributed by atoms with E-state index in [0.29, 0.717) is 11.7 Å². The van der Waals surface area contributed by atoms with Crippen LogP contribution in [0.15, 0.2) is 71.6 Å². The van der Waals surface area contributed by atoms with Gasteiger partial charge in [-0.05, 0) is 77.9 Å². The molecule has 154 valence electrons. The molecule has 1 aliphatic heterocycles. The number of halogens is 1. The molecule has 0 spiro atoms. The van der Waals surface area contributed by atoms with Crippen LogP contribution < -0.4 is 4.72 Å². The Kier molecular flexibility index (Phi) is 4.83. The van der Waals surface area contributed by atoms with Crippen molar-refractivity contribution in [1.29, 1.82) is 0 Å². The Hall–Kier alpha value is -2.70. The summed E-state index contributed by atoms with van der Waals surface area (Å²) in [4.78, 5) is 2.68. The van der Waals surface area contributed by atoms with E-state index in [9.17, 15) is 12.8 Å². The molecule has 0 fully saturated rings. The Morgan fingerprint density at radius 1 is 0.900 bits per heavy atom. The van der Waals surface area contributed by atoms with Crippen molar-refractivity contribution in [3.8, 4) is 0 Å². The topological polar surface area (TPSA) is 49.4 Å². The van der Waals surface area contributed by atoms with Gasteiger partial charge in [0.2, 0.25) is 0 Å². The smallest absolute Gasteiger partial charge is 0.261 e. The molecule has 6 heteroatoms. The molecule has 30 heavy (non-hydrogen) atoms. The van der Waals surface area contributed by atoms with Crippen LogP contribution in [0.2, 0.25) is 0 Å². The molecule has 3 aromatic carbocycles. The Bertz CT molecular complexity index is 1190. The van der Waals surface area contributed by atoms with Crippen LogP contribution >= 0.6 is 0 Å². The number of fused-ring (bicyclic) bond motifs is 2. The molecule has 0 radical (unpaired) electrons. The third-order valence-corrected chi connectivity index (χ3v) is 7.49. The molecule has 4 nitrogen and oxygen atoms in total. The first-order valence-corrected chi connectivity index (χ1v) is 11.7. The van der Waals surface area contributed by atoms with Crippen molar-refractivity contribution in [2.75, 3.05) is 4.72 Å². The largest absolute Gasteiger partial charge is 0.288 e. The van der Waals surface area contributed by atoms with Crippen molar-refractivity contribution in [3.63, 3.8) is 0 Å². The molecule has 0 amide bonds. The fraction of sp³-hybridized carbons (Fsp3) is 0.250. The summed E-state index contributed by atoms with van der Waals surface area (Å²) in [6.07, 6.45) is 3.43. The quantitative estimate of drug-likeness (QED) is 0.642. The number of benzene rings is 3. The highest BCUT2D eigenvalue weighted by Gasteiger charge is 2.31. The van der Waals surface area contributed by atoms with E-state index in [1.165, 1.54) is 47.4 Å². The number of hydrogen-bond acceptors (Lipinski definition) is 3. The first-order valence-electron chi connectivity index (χ1n) is 10.2. The fourth-order valence-electron chi connectivity index (χ4n) is 4.62. The molecule has 2 aliphatic rings. The van der Waals surface area contributed by atoms with Crippen molar-refractivity contribution in [2.45, 2.75) is 43.3 Å². The van der Waals surface area contributed by atoms with E-state index < -0.39 is 15.8 Å². The molecule has 1 aliphatic carbocycles. The van der Waals surface area contributed by atoms with E-state index in [-0.39, 0.29) is 4.90 Å². The van der Waals surface area contributed by atoms with Crippen LogP contribution in [0.1, 0.15) is 41.1 Å². The van der Waals surface area contributed by atoms with Gasteiger partial charge in [-0.3, -0.25) is 9.62 Å². The number of aryl methyl sites for hydroxylation is 1. The van der Waals surface area contributed by atoms with Crippen LogP contribution in [0.5, 0.6) is 0 Å². The van der Waals surface area contributed by atoms with Crippen LogP contribution in [0.4, 0.5) is 10.1 Å². The first kappa shape index (κ1) is 19.3. The molecule has 3 aromatic rings. The second-order valence-electron chi connectivity index (χ2n) is 8.05. The predicted octanol–water partition coefficient (Wildman–Crippen LogP) is 5.02. The van der Waals surface area contributed by atoms with Crippen LogP contribution in [-0.2, 0) is 29.5 Å². The summed E-state index contributed by atoms with van der Waals surface area (Å²) in [7, 11) is -3.73. The minimum atomic E-state index is -3.73. The maximum absolute atomic E-state index is 13.1. The lowest BCUT2D eigenvalue weighted by molar-refractivity contribution is 0.180. The molecule has 1 N–H and O–H groups in total. The van der Waals surface area contributed by atoms with Gasteiger partial charge in [0.05, 0.1) is 4.90 Å². The number of nitrogens with zero attached hydrogens (tertiary/aromatic N) is 1. The van der Waals surface area contributed by atoms with Crippen molar-refractivity contribution in [2.24, 2.45) is 0 Å². The number of nitrogens with one attached hydrogen (secondary N) is 1. The second kappa shape index (κ2) is 7.52. The summed E-state index contributed by atoms with van der Waals surface area (Å²) in [5.41, 5.74) is 5.41. The van der Waals surface area contributed by atoms with Crippen molar-refractivity contribution in [1.82, 2.24) is 4.90 Å². The number of sulfonamides is 1. The Morgan fingerprint density at radius 2 is 1.67 bits per heavy atom. The summed E-state index contributed by atoms with van der Waals surface area (Å²) in [5.74, 6) is -0.403. The first-order chi connectivity index (χ1) is 14.5. The van der Waals surface area contributed by atoms with Crippen LogP contribution in [0.3, 0.4) is 0 Å². The molecular weight excluding hydrogens is 399 g/mol. The molecule has 1 heterocycles. The summed E-state index contributed by atoms with van der Waals surface area (Å²) in [6, 6.07) is 19.7. The molecule has 0 aromatic heterocycles. The molecule has 0 bridgehead atoms. The highest BCUT2D eigenvalue weighted by molar-refractivity contribution is 7.92. The van der Waals surface area contributed by atoms with E-state index in [2.05, 4.69) is 33.9 Å². The average molecular weight is 423 g/mol. The number of hydrogen-bond donors (Lipinski definition) is 1. The standard InChI is InChI=1S/C24H23FN2O2S/c25-20-9-11-21(12-10-20)26-30(28,29)22-13-8-18-15-27(16-19(18)14-22)24-7-3-5-17-4-1-2-6-23(17)24/h1-2,4,6,8-14,24,26H,3,5,7,15-16H2. The lowest BCUT2D eigenvalue weighted by atomic mass is 9.87. The molecule has 5 rings (SSSR count). The van der Waals surface area contributed by atoms with Gasteiger partial charge in [-0.2, -0.15) is 0 Å². The van der Waals surface area contributed by atoms with Gasteiger partial charge in [0.25, 0.3) is 10.0 Å². The zero-order valence-electron chi connectivity index (χ0n) is 16.5. The monoisotopic (exact) mass is 422 g/mol. The van der Waals surface area contributed by atoms with Gasteiger partial charge in [-0.1, -0.05) is 30.3 Å². The Balaban J connectivity index is 1.38. The van der Waals surface area contributed by atoms with Crippen LogP contribution in [-0.4, -0.2) is 13.3 Å². The molecule has 1 unspecified atom stereocenters. The zero-order valence-corrected chi connectivity index (χ0v) is 17.3. The third kappa shape index (κ3) is 3.61. The lowest BCUT2D eigenvalue weighted by Crippen LogP contribution is -2.26. The highest BCUT2D eigenvalue weighted by Crippen LogP contribution is 2.39. The minimum absolute atomic E-state index is 0.233. The number of rotatable bonds is 4. The normalized spacial score (nSPS) is 18.6. The maximum atomic E-state index is 13.1. The van der Waals surface area contributed by atoms with Crippen molar-refractivity contribution in [3.05, 3.63) is 94.8 Å². The van der Waals surface area contributed by atoms with E-state index in [1.807, 2.05) is 6.07 Å². The van der Waals surface area contributed by atoms with E-state index in [1.54, 1.807) is 12.1 Å². The number of anilines is 1. The van der Waals surface area contributed by atoms with Gasteiger partial charge in [0.1, 0.15) is 5.82 Å². The van der Waals surface area contributed by atoms with Gasteiger partial charge in [-0.15, -0.1) is 0 Å². The summed E-state index contributed by atoms with van der Waals surface area (Å²) in [6.45, 7) is 1.58. The van der Waals surface area contributed by atoms with Gasteiger partial charge < -0.3 is 0 Å². The van der Waals surface area contributed by atoms with Gasteiger partial charge in [0.15, 0.2) is 0 Å².